The van der Waals surface area contributed by atoms with E-state index in [9.17, 15) is 0 Å². The van der Waals surface area contributed by atoms with E-state index in [4.69, 9.17) is 34.8 Å². The number of benzene rings is 1. The molecular weight excluding hydrogens is 291 g/mol. The van der Waals surface area contributed by atoms with E-state index in [0.717, 1.165) is 28.8 Å². The summed E-state index contributed by atoms with van der Waals surface area (Å²) in [5.74, 6) is 0. The van der Waals surface area contributed by atoms with Crippen LogP contribution in [0.5, 0.6) is 0 Å². The summed E-state index contributed by atoms with van der Waals surface area (Å²) in [6.45, 7) is 4.08. The molecule has 1 aromatic carbocycles. The number of aromatic nitrogens is 1. The summed E-state index contributed by atoms with van der Waals surface area (Å²) in [5, 5.41) is 5.39. The molecule has 0 aliphatic heterocycles. The van der Waals surface area contributed by atoms with Gasteiger partial charge in [-0.05, 0) is 25.0 Å². The van der Waals surface area contributed by atoms with E-state index in [1.165, 1.54) is 0 Å². The molecule has 1 N–H and O–H groups in total. The van der Waals surface area contributed by atoms with Gasteiger partial charge in [-0.25, -0.2) is 0 Å². The van der Waals surface area contributed by atoms with E-state index in [1.807, 2.05) is 14.0 Å². The van der Waals surface area contributed by atoms with Crippen molar-refractivity contribution in [2.75, 3.05) is 12.4 Å². The Morgan fingerprint density at radius 1 is 1.22 bits per heavy atom. The minimum atomic E-state index is 0.441. The van der Waals surface area contributed by atoms with Crippen LogP contribution in [0.1, 0.15) is 18.2 Å². The van der Waals surface area contributed by atoms with Crippen molar-refractivity contribution in [3.8, 4) is 0 Å². The van der Waals surface area contributed by atoms with E-state index in [2.05, 4.69) is 17.2 Å². The number of hydrogen-bond donors (Lipinski definition) is 1. The summed E-state index contributed by atoms with van der Waals surface area (Å²) in [6, 6.07) is 1.63. The van der Waals surface area contributed by atoms with Crippen LogP contribution < -0.4 is 5.32 Å². The quantitative estimate of drug-likeness (QED) is 0.780. The monoisotopic (exact) mass is 302 g/mol. The van der Waals surface area contributed by atoms with Crippen LogP contribution in [0.15, 0.2) is 6.07 Å². The zero-order valence-corrected chi connectivity index (χ0v) is 12.6. The van der Waals surface area contributed by atoms with Crippen molar-refractivity contribution in [1.82, 2.24) is 4.98 Å². The Bertz CT molecular complexity index is 624. The Morgan fingerprint density at radius 3 is 2.44 bits per heavy atom. The molecule has 5 heteroatoms. The van der Waals surface area contributed by atoms with E-state index < -0.39 is 0 Å². The maximum absolute atomic E-state index is 6.28. The second kappa shape index (κ2) is 5.12. The average Bonchev–Trinajstić information content (AvgIpc) is 2.35. The first kappa shape index (κ1) is 13.7. The van der Waals surface area contributed by atoms with E-state index in [-0.39, 0.29) is 0 Å². The smallest absolute Gasteiger partial charge is 0.0928 e. The molecule has 1 aromatic heterocycles. The number of rotatable bonds is 2. The Balaban J connectivity index is 3.02. The van der Waals surface area contributed by atoms with Gasteiger partial charge in [0.1, 0.15) is 0 Å². The molecule has 0 amide bonds. The summed E-state index contributed by atoms with van der Waals surface area (Å²) in [6.07, 6.45) is 0.840. The molecule has 0 aliphatic carbocycles. The van der Waals surface area contributed by atoms with Crippen LogP contribution in [-0.2, 0) is 6.42 Å². The van der Waals surface area contributed by atoms with Gasteiger partial charge in [0.15, 0.2) is 0 Å². The molecule has 0 saturated heterocycles. The summed E-state index contributed by atoms with van der Waals surface area (Å²) >= 11 is 18.6. The molecule has 1 heterocycles. The topological polar surface area (TPSA) is 24.9 Å². The van der Waals surface area contributed by atoms with Gasteiger partial charge in [0.2, 0.25) is 0 Å². The van der Waals surface area contributed by atoms with Gasteiger partial charge >= 0.3 is 0 Å². The lowest BCUT2D eigenvalue weighted by atomic mass is 10.1. The number of anilines is 1. The SMILES string of the molecule is CCc1nc2c(Cl)cc(Cl)c(Cl)c2c(NC)c1C. The first-order chi connectivity index (χ1) is 8.51. The molecule has 0 spiro atoms. The van der Waals surface area contributed by atoms with Gasteiger partial charge < -0.3 is 5.32 Å². The third-order valence-corrected chi connectivity index (χ3v) is 4.11. The largest absolute Gasteiger partial charge is 0.387 e. The zero-order chi connectivity index (χ0) is 13.4. The van der Waals surface area contributed by atoms with Crippen LogP contribution in [0.25, 0.3) is 10.9 Å². The van der Waals surface area contributed by atoms with Gasteiger partial charge in [0, 0.05) is 23.8 Å². The van der Waals surface area contributed by atoms with Crippen molar-refractivity contribution in [2.45, 2.75) is 20.3 Å². The van der Waals surface area contributed by atoms with Gasteiger partial charge in [-0.15, -0.1) is 0 Å². The van der Waals surface area contributed by atoms with Crippen LogP contribution in [0, 0.1) is 6.92 Å². The summed E-state index contributed by atoms with van der Waals surface area (Å²) < 4.78 is 0. The molecule has 0 aliphatic rings. The van der Waals surface area contributed by atoms with E-state index in [0.29, 0.717) is 20.6 Å². The Hall–Kier alpha value is -0.700. The average molecular weight is 304 g/mol. The lowest BCUT2D eigenvalue weighted by Crippen LogP contribution is -2.01. The minimum Gasteiger partial charge on any atom is -0.387 e. The van der Waals surface area contributed by atoms with Gasteiger partial charge in [0.25, 0.3) is 0 Å². The summed E-state index contributed by atoms with van der Waals surface area (Å²) in [5.41, 5.74) is 3.71. The van der Waals surface area contributed by atoms with Crippen LogP contribution in [-0.4, -0.2) is 12.0 Å². The first-order valence-corrected chi connectivity index (χ1v) is 6.79. The predicted molar refractivity (Wildman–Crippen MR) is 80.4 cm³/mol. The lowest BCUT2D eigenvalue weighted by Gasteiger charge is -2.15. The van der Waals surface area contributed by atoms with Crippen molar-refractivity contribution in [3.63, 3.8) is 0 Å². The highest BCUT2D eigenvalue weighted by Gasteiger charge is 2.17. The molecule has 0 saturated carbocycles. The molecule has 0 fully saturated rings. The number of aryl methyl sites for hydroxylation is 1. The molecular formula is C13H13Cl3N2. The second-order valence-corrected chi connectivity index (χ2v) is 5.23. The van der Waals surface area contributed by atoms with Gasteiger partial charge in [-0.1, -0.05) is 41.7 Å². The van der Waals surface area contributed by atoms with Crippen LogP contribution in [0.3, 0.4) is 0 Å². The third-order valence-electron chi connectivity index (χ3n) is 3.04. The van der Waals surface area contributed by atoms with Crippen molar-refractivity contribution in [1.29, 1.82) is 0 Å². The fourth-order valence-electron chi connectivity index (χ4n) is 2.13. The predicted octanol–water partition coefficient (Wildman–Crippen LogP) is 5.11. The molecule has 2 nitrogen and oxygen atoms in total. The van der Waals surface area contributed by atoms with Gasteiger partial charge in [-0.2, -0.15) is 0 Å². The van der Waals surface area contributed by atoms with Gasteiger partial charge in [-0.3, -0.25) is 4.98 Å². The fraction of sp³-hybridized carbons (Fsp3) is 0.308. The van der Waals surface area contributed by atoms with Crippen molar-refractivity contribution in [3.05, 3.63) is 32.4 Å². The Kier molecular flexibility index (Phi) is 3.90. The maximum atomic E-state index is 6.28. The molecule has 0 unspecified atom stereocenters. The first-order valence-electron chi connectivity index (χ1n) is 5.65. The van der Waals surface area contributed by atoms with E-state index >= 15 is 0 Å². The highest BCUT2D eigenvalue weighted by Crippen LogP contribution is 2.40. The molecule has 0 radical (unpaired) electrons. The van der Waals surface area contributed by atoms with Crippen LogP contribution in [0.2, 0.25) is 15.1 Å². The Morgan fingerprint density at radius 2 is 1.89 bits per heavy atom. The fourth-order valence-corrected chi connectivity index (χ4v) is 2.87. The molecule has 0 bridgehead atoms. The highest BCUT2D eigenvalue weighted by molar-refractivity contribution is 6.48. The van der Waals surface area contributed by atoms with Crippen LogP contribution >= 0.6 is 34.8 Å². The van der Waals surface area contributed by atoms with Crippen molar-refractivity contribution >= 4 is 51.4 Å². The van der Waals surface area contributed by atoms with Gasteiger partial charge in [0.05, 0.1) is 20.6 Å². The number of hydrogen-bond acceptors (Lipinski definition) is 2. The number of nitrogens with zero attached hydrogens (tertiary/aromatic N) is 1. The molecule has 2 aromatic rings. The Labute approximate surface area is 121 Å². The lowest BCUT2D eigenvalue weighted by molar-refractivity contribution is 1.03. The normalized spacial score (nSPS) is 11.0. The second-order valence-electron chi connectivity index (χ2n) is 4.04. The third kappa shape index (κ3) is 2.03. The number of fused-ring (bicyclic) bond motifs is 1. The number of halogens is 3. The highest BCUT2D eigenvalue weighted by atomic mass is 35.5. The summed E-state index contributed by atoms with van der Waals surface area (Å²) in [4.78, 5) is 4.59. The van der Waals surface area contributed by atoms with Crippen LogP contribution in [0.4, 0.5) is 5.69 Å². The molecule has 0 atom stereocenters. The number of nitrogens with one attached hydrogen (secondary N) is 1. The minimum absolute atomic E-state index is 0.441. The molecule has 18 heavy (non-hydrogen) atoms. The maximum Gasteiger partial charge on any atom is 0.0928 e. The van der Waals surface area contributed by atoms with Crippen molar-refractivity contribution < 1.29 is 0 Å². The van der Waals surface area contributed by atoms with E-state index in [1.54, 1.807) is 6.07 Å². The molecule has 96 valence electrons. The summed E-state index contributed by atoms with van der Waals surface area (Å²) in [7, 11) is 1.85. The number of pyridine rings is 1. The standard InChI is InChI=1S/C13H13Cl3N2/c1-4-9-6(2)12(17-3)10-11(16)7(14)5-8(15)13(10)18-9/h5H,4H2,1-3H3,(H,17,18). The van der Waals surface area contributed by atoms with Crippen molar-refractivity contribution in [2.24, 2.45) is 0 Å². The zero-order valence-electron chi connectivity index (χ0n) is 10.4. The molecule has 2 rings (SSSR count).